The summed E-state index contributed by atoms with van der Waals surface area (Å²) >= 11 is 7.95. The number of carbonyl (C=O) groups is 2. The first-order valence-corrected chi connectivity index (χ1v) is 12.5. The number of benzene rings is 1. The van der Waals surface area contributed by atoms with E-state index in [0.29, 0.717) is 28.9 Å². The Balaban J connectivity index is 1.62. The normalized spacial score (nSPS) is 25.8. The van der Waals surface area contributed by atoms with Crippen LogP contribution in [0.15, 0.2) is 35.7 Å². The average Bonchev–Trinajstić information content (AvgIpc) is 3.35. The molecular weight excluding hydrogens is 442 g/mol. The number of fused-ring (bicyclic) bond motifs is 3. The first-order valence-electron chi connectivity index (χ1n) is 11.3. The lowest BCUT2D eigenvalue weighted by Gasteiger charge is -2.45. The molecule has 0 saturated heterocycles. The highest BCUT2D eigenvalue weighted by Crippen LogP contribution is 2.39. The number of rotatable bonds is 3. The van der Waals surface area contributed by atoms with Crippen LogP contribution in [0.5, 0.6) is 0 Å². The molecule has 5 nitrogen and oxygen atoms in total. The van der Waals surface area contributed by atoms with Gasteiger partial charge in [0, 0.05) is 16.8 Å². The molecule has 3 heterocycles. The number of aryl methyl sites for hydroxylation is 1. The Morgan fingerprint density at radius 3 is 2.78 bits per heavy atom. The molecule has 1 aliphatic heterocycles. The summed E-state index contributed by atoms with van der Waals surface area (Å²) in [5.41, 5.74) is 2.14. The zero-order valence-electron chi connectivity index (χ0n) is 18.7. The summed E-state index contributed by atoms with van der Waals surface area (Å²) in [7, 11) is 0. The lowest BCUT2D eigenvalue weighted by atomic mass is 9.84. The summed E-state index contributed by atoms with van der Waals surface area (Å²) in [6.07, 6.45) is 4.44. The molecule has 3 atom stereocenters. The number of hydrogen-bond donors (Lipinski definition) is 1. The van der Waals surface area contributed by atoms with Crippen molar-refractivity contribution in [3.8, 4) is 0 Å². The Hall–Kier alpha value is -2.31. The highest BCUT2D eigenvalue weighted by atomic mass is 35.5. The third-order valence-electron chi connectivity index (χ3n) is 7.23. The van der Waals surface area contributed by atoms with Gasteiger partial charge in [0.25, 0.3) is 5.91 Å². The molecular formula is C25H28ClN3O2S. The monoisotopic (exact) mass is 469 g/mol. The van der Waals surface area contributed by atoms with Crippen molar-refractivity contribution in [2.24, 2.45) is 5.92 Å². The summed E-state index contributed by atoms with van der Waals surface area (Å²) < 4.78 is 3.07. The second-order valence-electron chi connectivity index (χ2n) is 9.47. The summed E-state index contributed by atoms with van der Waals surface area (Å²) in [5.74, 6) is 0.161. The van der Waals surface area contributed by atoms with Crippen LogP contribution in [0.2, 0.25) is 5.02 Å². The van der Waals surface area contributed by atoms with Gasteiger partial charge in [0.15, 0.2) is 0 Å². The van der Waals surface area contributed by atoms with Gasteiger partial charge in [-0.1, -0.05) is 37.4 Å². The van der Waals surface area contributed by atoms with Crippen molar-refractivity contribution in [2.75, 3.05) is 4.90 Å². The molecule has 2 aliphatic rings. The van der Waals surface area contributed by atoms with Gasteiger partial charge in [-0.25, -0.2) is 0 Å². The fourth-order valence-electron chi connectivity index (χ4n) is 5.27. The highest BCUT2D eigenvalue weighted by molar-refractivity contribution is 7.17. The minimum absolute atomic E-state index is 0.105. The molecule has 5 rings (SSSR count). The lowest BCUT2D eigenvalue weighted by Crippen LogP contribution is -2.66. The van der Waals surface area contributed by atoms with Crippen molar-refractivity contribution in [3.63, 3.8) is 0 Å². The van der Waals surface area contributed by atoms with Crippen molar-refractivity contribution in [1.82, 2.24) is 9.88 Å². The Labute approximate surface area is 197 Å². The maximum atomic E-state index is 13.9. The first kappa shape index (κ1) is 21.5. The van der Waals surface area contributed by atoms with Crippen LogP contribution < -0.4 is 10.2 Å². The van der Waals surface area contributed by atoms with E-state index in [1.165, 1.54) is 6.42 Å². The van der Waals surface area contributed by atoms with E-state index in [0.717, 1.165) is 35.0 Å². The fraction of sp³-hybridized carbons (Fsp3) is 0.440. The fourth-order valence-corrected chi connectivity index (χ4v) is 6.26. The largest absolute Gasteiger partial charge is 0.351 e. The molecule has 1 aliphatic carbocycles. The molecule has 1 N–H and O–H groups in total. The lowest BCUT2D eigenvalue weighted by molar-refractivity contribution is -0.127. The molecule has 0 bridgehead atoms. The smallest absolute Gasteiger partial charge is 0.275 e. The molecule has 3 aromatic rings. The number of aromatic nitrogens is 1. The van der Waals surface area contributed by atoms with Crippen molar-refractivity contribution < 1.29 is 9.59 Å². The minimum Gasteiger partial charge on any atom is -0.351 e. The Bertz CT molecular complexity index is 1220. The van der Waals surface area contributed by atoms with Crippen LogP contribution in [0.3, 0.4) is 0 Å². The van der Waals surface area contributed by atoms with Crippen LogP contribution in [0, 0.1) is 12.8 Å². The minimum atomic E-state index is -1.08. The van der Waals surface area contributed by atoms with Gasteiger partial charge in [-0.05, 0) is 67.8 Å². The molecule has 3 unspecified atom stereocenters. The zero-order valence-corrected chi connectivity index (χ0v) is 20.2. The standard InChI is InChI=1S/C25H28ClN3O2S/c1-15-6-4-5-7-18(15)27-24(31)25(3)14-28-19-10-11-32-22(19)13-21(28)23(30)29(25)20-12-17(26)9-8-16(20)2/h8-13,15,18H,4-7,14H2,1-3H3,(H,27,31). The van der Waals surface area contributed by atoms with Crippen LogP contribution in [0.1, 0.15) is 55.6 Å². The predicted molar refractivity (Wildman–Crippen MR) is 131 cm³/mol. The molecule has 0 spiro atoms. The second-order valence-corrected chi connectivity index (χ2v) is 10.9. The number of halogens is 1. The Morgan fingerprint density at radius 2 is 2.00 bits per heavy atom. The van der Waals surface area contributed by atoms with Gasteiger partial charge in [0.1, 0.15) is 11.2 Å². The third-order valence-corrected chi connectivity index (χ3v) is 8.32. The first-order chi connectivity index (χ1) is 15.3. The van der Waals surface area contributed by atoms with Gasteiger partial charge in [-0.2, -0.15) is 0 Å². The number of nitrogens with zero attached hydrogens (tertiary/aromatic N) is 2. The summed E-state index contributed by atoms with van der Waals surface area (Å²) in [5, 5.41) is 5.89. The van der Waals surface area contributed by atoms with E-state index in [-0.39, 0.29) is 17.9 Å². The van der Waals surface area contributed by atoms with Crippen molar-refractivity contribution >= 4 is 50.7 Å². The van der Waals surface area contributed by atoms with Gasteiger partial charge >= 0.3 is 0 Å². The molecule has 1 fully saturated rings. The number of hydrogen-bond acceptors (Lipinski definition) is 3. The highest BCUT2D eigenvalue weighted by Gasteiger charge is 2.49. The number of amides is 2. The third kappa shape index (κ3) is 3.35. The number of thiophene rings is 1. The SMILES string of the molecule is Cc1ccc(Cl)cc1N1C(=O)c2cc3sccc3n2CC1(C)C(=O)NC1CCCCC1C. The van der Waals surface area contributed by atoms with Gasteiger partial charge in [0.2, 0.25) is 5.91 Å². The van der Waals surface area contributed by atoms with Crippen LogP contribution in [-0.2, 0) is 11.3 Å². The molecule has 32 heavy (non-hydrogen) atoms. The van der Waals surface area contributed by atoms with E-state index in [2.05, 4.69) is 12.2 Å². The second kappa shape index (κ2) is 7.92. The molecule has 1 aromatic carbocycles. The van der Waals surface area contributed by atoms with Gasteiger partial charge in [-0.3, -0.25) is 14.5 Å². The maximum absolute atomic E-state index is 13.9. The van der Waals surface area contributed by atoms with E-state index in [1.54, 1.807) is 22.3 Å². The van der Waals surface area contributed by atoms with Crippen LogP contribution in [0.25, 0.3) is 10.2 Å². The van der Waals surface area contributed by atoms with E-state index < -0.39 is 5.54 Å². The Kier molecular flexibility index (Phi) is 5.33. The van der Waals surface area contributed by atoms with E-state index in [9.17, 15) is 9.59 Å². The molecule has 0 radical (unpaired) electrons. The summed E-state index contributed by atoms with van der Waals surface area (Å²) in [6.45, 7) is 6.44. The van der Waals surface area contributed by atoms with Crippen LogP contribution in [-0.4, -0.2) is 28.0 Å². The molecule has 168 valence electrons. The maximum Gasteiger partial charge on any atom is 0.275 e. The molecule has 2 amide bonds. The van der Waals surface area contributed by atoms with E-state index in [1.807, 2.05) is 48.1 Å². The van der Waals surface area contributed by atoms with Gasteiger partial charge < -0.3 is 9.88 Å². The zero-order chi connectivity index (χ0) is 22.6. The van der Waals surface area contributed by atoms with Crippen LogP contribution >= 0.6 is 22.9 Å². The summed E-state index contributed by atoms with van der Waals surface area (Å²) in [4.78, 5) is 29.5. The predicted octanol–water partition coefficient (Wildman–Crippen LogP) is 5.78. The van der Waals surface area contributed by atoms with Crippen molar-refractivity contribution in [1.29, 1.82) is 0 Å². The number of nitrogens with one attached hydrogen (secondary N) is 1. The van der Waals surface area contributed by atoms with Crippen molar-refractivity contribution in [3.05, 3.63) is 52.0 Å². The summed E-state index contributed by atoms with van der Waals surface area (Å²) in [6, 6.07) is 9.62. The topological polar surface area (TPSA) is 54.3 Å². The van der Waals surface area contributed by atoms with Crippen molar-refractivity contribution in [2.45, 2.75) is 64.6 Å². The van der Waals surface area contributed by atoms with Gasteiger partial charge in [-0.15, -0.1) is 11.3 Å². The number of anilines is 1. The average molecular weight is 470 g/mol. The molecule has 7 heteroatoms. The van der Waals surface area contributed by atoms with Crippen LogP contribution in [0.4, 0.5) is 5.69 Å². The molecule has 2 aromatic heterocycles. The Morgan fingerprint density at radius 1 is 1.22 bits per heavy atom. The van der Waals surface area contributed by atoms with Gasteiger partial charge in [0.05, 0.1) is 16.8 Å². The number of carbonyl (C=O) groups excluding carboxylic acids is 2. The molecule has 1 saturated carbocycles. The quantitative estimate of drug-likeness (QED) is 0.528. The van der Waals surface area contributed by atoms with E-state index >= 15 is 0 Å². The van der Waals surface area contributed by atoms with E-state index in [4.69, 9.17) is 11.6 Å².